The van der Waals surface area contributed by atoms with Gasteiger partial charge in [0.15, 0.2) is 17.3 Å². The highest BCUT2D eigenvalue weighted by Gasteiger charge is 2.17. The minimum Gasteiger partial charge on any atom is -0.490 e. The summed E-state index contributed by atoms with van der Waals surface area (Å²) in [5, 5.41) is 12.0. The number of hydrogen-bond donors (Lipinski definition) is 1. The lowest BCUT2D eigenvalue weighted by molar-refractivity contribution is 0.297. The van der Waals surface area contributed by atoms with Crippen molar-refractivity contribution in [1.82, 2.24) is 25.2 Å². The third-order valence-corrected chi connectivity index (χ3v) is 4.45. The molecule has 1 aliphatic heterocycles. The fourth-order valence-electron chi connectivity index (χ4n) is 3.07. The summed E-state index contributed by atoms with van der Waals surface area (Å²) in [6.45, 7) is 5.76. The molecule has 4 rings (SSSR count). The van der Waals surface area contributed by atoms with Gasteiger partial charge in [-0.15, -0.1) is 0 Å². The van der Waals surface area contributed by atoms with Gasteiger partial charge in [-0.25, -0.2) is 0 Å². The minimum atomic E-state index is -0.0284. The first kappa shape index (κ1) is 17.5. The Hall–Kier alpha value is -2.87. The van der Waals surface area contributed by atoms with Crippen molar-refractivity contribution < 1.29 is 14.0 Å². The fraction of sp³-hybridized carbons (Fsp3) is 0.421. The predicted molar refractivity (Wildman–Crippen MR) is 98.5 cm³/mol. The Kier molecular flexibility index (Phi) is 4.81. The smallest absolute Gasteiger partial charge is 0.223 e. The largest absolute Gasteiger partial charge is 0.490 e. The Labute approximate surface area is 157 Å². The molecule has 1 aromatic carbocycles. The summed E-state index contributed by atoms with van der Waals surface area (Å²) >= 11 is 0. The average Bonchev–Trinajstić information content (AvgIpc) is 3.17. The van der Waals surface area contributed by atoms with Crippen LogP contribution < -0.4 is 14.8 Å². The van der Waals surface area contributed by atoms with Crippen molar-refractivity contribution >= 4 is 0 Å². The summed E-state index contributed by atoms with van der Waals surface area (Å²) in [6.07, 6.45) is 2.90. The second-order valence-electron chi connectivity index (χ2n) is 6.66. The molecular weight excluding hydrogens is 346 g/mol. The van der Waals surface area contributed by atoms with Gasteiger partial charge in [0.25, 0.3) is 0 Å². The van der Waals surface area contributed by atoms with Gasteiger partial charge in [0.05, 0.1) is 24.9 Å². The zero-order chi connectivity index (χ0) is 18.8. The first-order valence-corrected chi connectivity index (χ1v) is 9.06. The number of benzene rings is 1. The number of aryl methyl sites for hydroxylation is 2. The zero-order valence-corrected chi connectivity index (χ0v) is 15.7. The van der Waals surface area contributed by atoms with E-state index in [9.17, 15) is 0 Å². The van der Waals surface area contributed by atoms with Gasteiger partial charge in [-0.2, -0.15) is 10.1 Å². The maximum Gasteiger partial charge on any atom is 0.223 e. The lowest BCUT2D eigenvalue weighted by atomic mass is 10.1. The summed E-state index contributed by atoms with van der Waals surface area (Å²) in [4.78, 5) is 4.27. The molecular formula is C19H23N5O3. The van der Waals surface area contributed by atoms with E-state index in [1.165, 1.54) is 0 Å². The number of fused-ring (bicyclic) bond motifs is 1. The summed E-state index contributed by atoms with van der Waals surface area (Å²) in [5.41, 5.74) is 3.00. The van der Waals surface area contributed by atoms with Gasteiger partial charge in [0.1, 0.15) is 0 Å². The van der Waals surface area contributed by atoms with E-state index in [1.807, 2.05) is 43.0 Å². The van der Waals surface area contributed by atoms with Crippen LogP contribution in [0.15, 0.2) is 28.9 Å². The molecule has 0 bridgehead atoms. The Morgan fingerprint density at radius 3 is 2.81 bits per heavy atom. The maximum absolute atomic E-state index is 5.81. The van der Waals surface area contributed by atoms with Crippen LogP contribution >= 0.6 is 0 Å². The van der Waals surface area contributed by atoms with Crippen molar-refractivity contribution in [2.75, 3.05) is 13.2 Å². The van der Waals surface area contributed by atoms with Gasteiger partial charge in [-0.05, 0) is 25.1 Å². The van der Waals surface area contributed by atoms with Crippen LogP contribution in [0.25, 0.3) is 11.3 Å². The molecule has 3 heterocycles. The van der Waals surface area contributed by atoms with Crippen LogP contribution in [-0.4, -0.2) is 33.1 Å². The van der Waals surface area contributed by atoms with Crippen molar-refractivity contribution in [2.24, 2.45) is 7.05 Å². The van der Waals surface area contributed by atoms with Crippen LogP contribution in [0.5, 0.6) is 11.5 Å². The summed E-state index contributed by atoms with van der Waals surface area (Å²) in [7, 11) is 1.92. The molecule has 0 radical (unpaired) electrons. The molecule has 1 unspecified atom stereocenters. The van der Waals surface area contributed by atoms with Gasteiger partial charge < -0.3 is 19.3 Å². The Morgan fingerprint density at radius 1 is 1.22 bits per heavy atom. The first-order chi connectivity index (χ1) is 13.1. The lowest BCUT2D eigenvalue weighted by Crippen LogP contribution is -2.19. The van der Waals surface area contributed by atoms with E-state index in [4.69, 9.17) is 14.0 Å². The summed E-state index contributed by atoms with van der Waals surface area (Å²) in [5.74, 6) is 2.76. The van der Waals surface area contributed by atoms with E-state index in [0.717, 1.165) is 34.7 Å². The second kappa shape index (κ2) is 7.40. The Bertz CT molecular complexity index is 933. The number of nitrogens with zero attached hydrogens (tertiary/aromatic N) is 4. The molecule has 2 aromatic heterocycles. The van der Waals surface area contributed by atoms with Crippen LogP contribution in [-0.2, 0) is 13.6 Å². The SMILES string of the molecule is Cc1nc(C(C)NCc2cn(C)nc2-c2ccc3c(c2)OCCCO3)no1. The normalized spacial score (nSPS) is 14.8. The van der Waals surface area contributed by atoms with Crippen LogP contribution in [0.4, 0.5) is 0 Å². The molecule has 8 heteroatoms. The van der Waals surface area contributed by atoms with Crippen molar-refractivity contribution in [3.8, 4) is 22.8 Å². The van der Waals surface area contributed by atoms with E-state index in [-0.39, 0.29) is 6.04 Å². The standard InChI is InChI=1S/C19H23N5O3/c1-12(19-21-13(2)27-23-19)20-10-15-11-24(3)22-18(15)14-5-6-16-17(9-14)26-8-4-7-25-16/h5-6,9,11-12,20H,4,7-8,10H2,1-3H3. The third-order valence-electron chi connectivity index (χ3n) is 4.45. The third kappa shape index (κ3) is 3.80. The molecule has 0 spiro atoms. The molecule has 0 fully saturated rings. The molecule has 142 valence electrons. The van der Waals surface area contributed by atoms with E-state index in [0.29, 0.717) is 31.5 Å². The van der Waals surface area contributed by atoms with Crippen molar-refractivity contribution in [3.05, 3.63) is 41.7 Å². The van der Waals surface area contributed by atoms with Crippen molar-refractivity contribution in [2.45, 2.75) is 32.9 Å². The molecule has 27 heavy (non-hydrogen) atoms. The van der Waals surface area contributed by atoms with Gasteiger partial charge in [-0.1, -0.05) is 5.16 Å². The molecule has 1 aliphatic rings. The van der Waals surface area contributed by atoms with E-state index in [2.05, 4.69) is 20.6 Å². The number of nitrogens with one attached hydrogen (secondary N) is 1. The van der Waals surface area contributed by atoms with E-state index < -0.39 is 0 Å². The van der Waals surface area contributed by atoms with Gasteiger partial charge >= 0.3 is 0 Å². The highest BCUT2D eigenvalue weighted by atomic mass is 16.5. The second-order valence-corrected chi connectivity index (χ2v) is 6.66. The average molecular weight is 369 g/mol. The molecule has 3 aromatic rings. The Morgan fingerprint density at radius 2 is 2.04 bits per heavy atom. The molecule has 0 aliphatic carbocycles. The molecule has 0 saturated heterocycles. The predicted octanol–water partition coefficient (Wildman–Crippen LogP) is 2.79. The first-order valence-electron chi connectivity index (χ1n) is 9.06. The van der Waals surface area contributed by atoms with Gasteiger partial charge in [-0.3, -0.25) is 4.68 Å². The molecule has 0 amide bonds. The lowest BCUT2D eigenvalue weighted by Gasteiger charge is -2.11. The maximum atomic E-state index is 5.81. The molecule has 8 nitrogen and oxygen atoms in total. The highest BCUT2D eigenvalue weighted by Crippen LogP contribution is 2.34. The van der Waals surface area contributed by atoms with Crippen LogP contribution in [0.1, 0.15) is 36.7 Å². The fourth-order valence-corrected chi connectivity index (χ4v) is 3.07. The molecule has 1 N–H and O–H groups in total. The summed E-state index contributed by atoms with van der Waals surface area (Å²) in [6, 6.07) is 5.94. The quantitative estimate of drug-likeness (QED) is 0.740. The van der Waals surface area contributed by atoms with E-state index in [1.54, 1.807) is 6.92 Å². The zero-order valence-electron chi connectivity index (χ0n) is 15.7. The monoisotopic (exact) mass is 369 g/mol. The van der Waals surface area contributed by atoms with Crippen molar-refractivity contribution in [1.29, 1.82) is 0 Å². The number of rotatable bonds is 5. The van der Waals surface area contributed by atoms with Crippen LogP contribution in [0.2, 0.25) is 0 Å². The van der Waals surface area contributed by atoms with Gasteiger partial charge in [0.2, 0.25) is 5.89 Å². The number of ether oxygens (including phenoxy) is 2. The van der Waals surface area contributed by atoms with Crippen LogP contribution in [0.3, 0.4) is 0 Å². The highest BCUT2D eigenvalue weighted by molar-refractivity contribution is 5.66. The van der Waals surface area contributed by atoms with Crippen molar-refractivity contribution in [3.63, 3.8) is 0 Å². The molecule has 1 atom stereocenters. The van der Waals surface area contributed by atoms with Gasteiger partial charge in [0, 0.05) is 44.3 Å². The number of aromatic nitrogens is 4. The Balaban J connectivity index is 1.55. The molecule has 0 saturated carbocycles. The summed E-state index contributed by atoms with van der Waals surface area (Å²) < 4.78 is 18.4. The number of hydrogen-bond acceptors (Lipinski definition) is 7. The van der Waals surface area contributed by atoms with E-state index >= 15 is 0 Å². The minimum absolute atomic E-state index is 0.0284. The topological polar surface area (TPSA) is 87.2 Å². The van der Waals surface area contributed by atoms with Crippen LogP contribution in [0, 0.1) is 6.92 Å².